The minimum absolute atomic E-state index is 0.000117. The van der Waals surface area contributed by atoms with Gasteiger partial charge in [0.2, 0.25) is 5.91 Å². The number of hydrogen-bond donors (Lipinski definition) is 3. The first-order chi connectivity index (χ1) is 8.39. The second-order valence-corrected chi connectivity index (χ2v) is 5.05. The molecule has 0 heterocycles. The van der Waals surface area contributed by atoms with Gasteiger partial charge in [0.1, 0.15) is 0 Å². The quantitative estimate of drug-likeness (QED) is 0.584. The molecule has 0 aromatic carbocycles. The van der Waals surface area contributed by atoms with E-state index in [1.807, 2.05) is 13.8 Å². The average Bonchev–Trinajstić information content (AvgIpc) is 2.30. The Bertz CT molecular complexity index is 266. The van der Waals surface area contributed by atoms with Crippen LogP contribution in [0.4, 0.5) is 0 Å². The van der Waals surface area contributed by atoms with Crippen LogP contribution in [0.15, 0.2) is 0 Å². The molecule has 0 bridgehead atoms. The normalized spacial score (nSPS) is 13.1. The van der Waals surface area contributed by atoms with Gasteiger partial charge < -0.3 is 15.5 Å². The summed E-state index contributed by atoms with van der Waals surface area (Å²) in [5, 5.41) is 20.8. The highest BCUT2D eigenvalue weighted by molar-refractivity contribution is 5.77. The van der Waals surface area contributed by atoms with E-state index in [9.17, 15) is 14.7 Å². The Morgan fingerprint density at radius 1 is 1.22 bits per heavy atom. The molecule has 0 aliphatic rings. The zero-order valence-corrected chi connectivity index (χ0v) is 11.5. The van der Waals surface area contributed by atoms with Crippen molar-refractivity contribution in [3.63, 3.8) is 0 Å². The zero-order chi connectivity index (χ0) is 14.2. The highest BCUT2D eigenvalue weighted by Gasteiger charge is 2.26. The Balaban J connectivity index is 4.13. The van der Waals surface area contributed by atoms with Crippen molar-refractivity contribution in [2.24, 2.45) is 11.3 Å². The van der Waals surface area contributed by atoms with Crippen molar-refractivity contribution in [3.05, 3.63) is 0 Å². The summed E-state index contributed by atoms with van der Waals surface area (Å²) in [4.78, 5) is 22.1. The first kappa shape index (κ1) is 16.9. The maximum atomic E-state index is 11.6. The molecule has 0 aromatic rings. The Hall–Kier alpha value is -1.10. The molecule has 0 aliphatic carbocycles. The first-order valence-electron chi connectivity index (χ1n) is 6.48. The summed E-state index contributed by atoms with van der Waals surface area (Å²) in [6.07, 6.45) is 1.80. The van der Waals surface area contributed by atoms with Gasteiger partial charge in [0.25, 0.3) is 0 Å². The lowest BCUT2D eigenvalue weighted by Crippen LogP contribution is -2.39. The van der Waals surface area contributed by atoms with Gasteiger partial charge in [-0.2, -0.15) is 0 Å². The van der Waals surface area contributed by atoms with Gasteiger partial charge in [-0.15, -0.1) is 0 Å². The van der Waals surface area contributed by atoms with E-state index in [0.29, 0.717) is 6.54 Å². The Morgan fingerprint density at radius 3 is 2.17 bits per heavy atom. The molecule has 0 spiro atoms. The van der Waals surface area contributed by atoms with Gasteiger partial charge in [-0.05, 0) is 18.8 Å². The molecule has 1 unspecified atom stereocenters. The number of carboxylic acid groups (broad SMARTS) is 1. The van der Waals surface area contributed by atoms with Crippen molar-refractivity contribution in [2.75, 3.05) is 13.2 Å². The molecule has 1 amide bonds. The number of nitrogens with one attached hydrogen (secondary N) is 1. The maximum Gasteiger partial charge on any atom is 0.303 e. The lowest BCUT2D eigenvalue weighted by molar-refractivity contribution is -0.138. The first-order valence-corrected chi connectivity index (χ1v) is 6.48. The number of aliphatic hydroxyl groups excluding tert-OH is 1. The van der Waals surface area contributed by atoms with Crippen LogP contribution in [0.5, 0.6) is 0 Å². The van der Waals surface area contributed by atoms with E-state index in [4.69, 9.17) is 5.11 Å². The van der Waals surface area contributed by atoms with Gasteiger partial charge >= 0.3 is 5.97 Å². The topological polar surface area (TPSA) is 86.6 Å². The maximum absolute atomic E-state index is 11.6. The number of rotatable bonds is 9. The minimum atomic E-state index is -0.887. The zero-order valence-electron chi connectivity index (χ0n) is 11.5. The fraction of sp³-hybridized carbons (Fsp3) is 0.846. The molecule has 0 rings (SSSR count). The van der Waals surface area contributed by atoms with E-state index in [1.54, 1.807) is 6.92 Å². The predicted molar refractivity (Wildman–Crippen MR) is 69.1 cm³/mol. The lowest BCUT2D eigenvalue weighted by atomic mass is 9.83. The Labute approximate surface area is 109 Å². The molecular formula is C13H25NO4. The largest absolute Gasteiger partial charge is 0.481 e. The smallest absolute Gasteiger partial charge is 0.303 e. The fourth-order valence-corrected chi connectivity index (χ4v) is 1.82. The highest BCUT2D eigenvalue weighted by Crippen LogP contribution is 2.24. The van der Waals surface area contributed by atoms with Crippen LogP contribution < -0.4 is 5.32 Å². The van der Waals surface area contributed by atoms with Crippen LogP contribution in [-0.4, -0.2) is 35.2 Å². The molecule has 5 heteroatoms. The Morgan fingerprint density at radius 2 is 1.78 bits per heavy atom. The number of carbonyl (C=O) groups is 2. The van der Waals surface area contributed by atoms with Crippen molar-refractivity contribution in [1.82, 2.24) is 5.32 Å². The summed E-state index contributed by atoms with van der Waals surface area (Å²) >= 11 is 0. The fourth-order valence-electron chi connectivity index (χ4n) is 1.82. The molecule has 0 aliphatic heterocycles. The van der Waals surface area contributed by atoms with Gasteiger partial charge in [0.05, 0.1) is 6.61 Å². The SMILES string of the molecule is CCC(CC)(CO)CNC(=O)CC(C)CC(=O)O. The molecular weight excluding hydrogens is 234 g/mol. The monoisotopic (exact) mass is 259 g/mol. The lowest BCUT2D eigenvalue weighted by Gasteiger charge is -2.29. The molecule has 5 nitrogen and oxygen atoms in total. The van der Waals surface area contributed by atoms with Crippen molar-refractivity contribution in [1.29, 1.82) is 0 Å². The van der Waals surface area contributed by atoms with Crippen LogP contribution in [0.2, 0.25) is 0 Å². The van der Waals surface area contributed by atoms with Crippen LogP contribution in [0.1, 0.15) is 46.5 Å². The van der Waals surface area contributed by atoms with Crippen molar-refractivity contribution >= 4 is 11.9 Å². The third-order valence-electron chi connectivity index (χ3n) is 3.55. The summed E-state index contributed by atoms with van der Waals surface area (Å²) in [5.41, 5.74) is -0.258. The van der Waals surface area contributed by atoms with E-state index in [-0.39, 0.29) is 36.7 Å². The van der Waals surface area contributed by atoms with Crippen molar-refractivity contribution in [2.45, 2.75) is 46.5 Å². The molecule has 106 valence electrons. The summed E-state index contributed by atoms with van der Waals surface area (Å²) in [6, 6.07) is 0. The number of aliphatic hydroxyl groups is 1. The second kappa shape index (κ2) is 8.08. The summed E-state index contributed by atoms with van der Waals surface area (Å²) in [6.45, 7) is 6.20. The van der Waals surface area contributed by atoms with Gasteiger partial charge in [-0.1, -0.05) is 20.8 Å². The van der Waals surface area contributed by atoms with E-state index >= 15 is 0 Å². The van der Waals surface area contributed by atoms with Gasteiger partial charge in [0.15, 0.2) is 0 Å². The van der Waals surface area contributed by atoms with Gasteiger partial charge in [-0.25, -0.2) is 0 Å². The van der Waals surface area contributed by atoms with E-state index in [0.717, 1.165) is 12.8 Å². The van der Waals surface area contributed by atoms with Crippen LogP contribution >= 0.6 is 0 Å². The molecule has 18 heavy (non-hydrogen) atoms. The number of carboxylic acids is 1. The van der Waals surface area contributed by atoms with E-state index in [1.165, 1.54) is 0 Å². The minimum Gasteiger partial charge on any atom is -0.481 e. The number of amides is 1. The van der Waals surface area contributed by atoms with Crippen LogP contribution in [0, 0.1) is 11.3 Å². The summed E-state index contributed by atoms with van der Waals surface area (Å²) in [7, 11) is 0. The highest BCUT2D eigenvalue weighted by atomic mass is 16.4. The standard InChI is InChI=1S/C13H25NO4/c1-4-13(5-2,9-15)8-14-11(16)6-10(3)7-12(17)18/h10,15H,4-9H2,1-3H3,(H,14,16)(H,17,18). The van der Waals surface area contributed by atoms with Gasteiger partial charge in [-0.3, -0.25) is 9.59 Å². The van der Waals surface area contributed by atoms with Crippen molar-refractivity contribution < 1.29 is 19.8 Å². The number of carbonyl (C=O) groups excluding carboxylic acids is 1. The summed E-state index contributed by atoms with van der Waals surface area (Å²) < 4.78 is 0. The van der Waals surface area contributed by atoms with Crippen LogP contribution in [0.25, 0.3) is 0 Å². The molecule has 0 radical (unpaired) electrons. The molecule has 0 aromatic heterocycles. The third-order valence-corrected chi connectivity index (χ3v) is 3.55. The number of aliphatic carboxylic acids is 1. The third kappa shape index (κ3) is 6.00. The molecule has 0 fully saturated rings. The van der Waals surface area contributed by atoms with E-state index < -0.39 is 5.97 Å². The van der Waals surface area contributed by atoms with Gasteiger partial charge in [0, 0.05) is 24.8 Å². The number of hydrogen-bond acceptors (Lipinski definition) is 3. The molecule has 0 saturated heterocycles. The van der Waals surface area contributed by atoms with Crippen molar-refractivity contribution in [3.8, 4) is 0 Å². The van der Waals surface area contributed by atoms with Crippen LogP contribution in [0.3, 0.4) is 0 Å². The van der Waals surface area contributed by atoms with Crippen LogP contribution in [-0.2, 0) is 9.59 Å². The summed E-state index contributed by atoms with van der Waals surface area (Å²) in [5.74, 6) is -1.21. The van der Waals surface area contributed by atoms with E-state index in [2.05, 4.69) is 5.32 Å². The average molecular weight is 259 g/mol. The molecule has 1 atom stereocenters. The predicted octanol–water partition coefficient (Wildman–Crippen LogP) is 1.40. The molecule has 0 saturated carbocycles. The molecule has 3 N–H and O–H groups in total. The second-order valence-electron chi connectivity index (χ2n) is 5.05. The Kier molecular flexibility index (Phi) is 7.59.